The molecule has 2 N–H and O–H groups in total. The Morgan fingerprint density at radius 3 is 2.61 bits per heavy atom. The smallest absolute Gasteiger partial charge is 0.0576 e. The van der Waals surface area contributed by atoms with Gasteiger partial charge in [-0.05, 0) is 133 Å². The summed E-state index contributed by atoms with van der Waals surface area (Å²) in [7, 11) is 0. The van der Waals surface area contributed by atoms with Gasteiger partial charge in [-0.3, -0.25) is 4.99 Å². The Hall–Kier alpha value is -1.19. The zero-order valence-corrected chi connectivity index (χ0v) is 24.6. The highest BCUT2D eigenvalue weighted by Gasteiger charge is 2.75. The van der Waals surface area contributed by atoms with Crippen molar-refractivity contribution >= 4 is 6.21 Å². The van der Waals surface area contributed by atoms with Gasteiger partial charge in [0, 0.05) is 19.4 Å². The van der Waals surface area contributed by atoms with E-state index in [9.17, 15) is 10.2 Å². The summed E-state index contributed by atoms with van der Waals surface area (Å²) < 4.78 is 0. The molecule has 210 valence electrons. The number of allylic oxidation sites excluding steroid dienone is 4. The van der Waals surface area contributed by atoms with Gasteiger partial charge in [-0.25, -0.2) is 0 Å². The molecule has 4 saturated carbocycles. The monoisotopic (exact) mass is 519 g/mol. The number of aliphatic imine (C=N–C) groups is 1. The van der Waals surface area contributed by atoms with Gasteiger partial charge in [0.1, 0.15) is 0 Å². The van der Waals surface area contributed by atoms with Gasteiger partial charge in [-0.2, -0.15) is 0 Å². The predicted octanol–water partition coefficient (Wildman–Crippen LogP) is 7.55. The summed E-state index contributed by atoms with van der Waals surface area (Å²) in [6.07, 6.45) is 20.6. The first-order chi connectivity index (χ1) is 18.1. The fraction of sp³-hybridized carbons (Fsp3) is 0.800. The maximum atomic E-state index is 10.3. The molecule has 1 heterocycles. The molecule has 0 saturated heterocycles. The Bertz CT molecular complexity index is 1050. The summed E-state index contributed by atoms with van der Waals surface area (Å²) >= 11 is 0. The summed E-state index contributed by atoms with van der Waals surface area (Å²) in [5.74, 6) is 3.91. The van der Waals surface area contributed by atoms with Crippen molar-refractivity contribution in [3.63, 3.8) is 0 Å². The quantitative estimate of drug-likeness (QED) is 0.348. The molecular weight excluding hydrogens is 466 g/mol. The number of fused-ring (bicyclic) bond motifs is 4. The molecular formula is C35H53NO2. The van der Waals surface area contributed by atoms with Crippen LogP contribution in [0.4, 0.5) is 0 Å². The lowest BCUT2D eigenvalue weighted by Gasteiger charge is -2.62. The lowest BCUT2D eigenvalue weighted by atomic mass is 9.42. The van der Waals surface area contributed by atoms with Crippen LogP contribution in [0.5, 0.6) is 0 Å². The molecule has 3 heteroatoms. The SMILES string of the molecule is C=C1C=C2C3(CCC(CC(CO)CC4=CCN=C4)C3)CC3(CCC(CCCO)C3)C(C)C2(C)C2C1C2(C)C. The molecule has 2 spiro atoms. The molecule has 6 aliphatic rings. The highest BCUT2D eigenvalue weighted by Crippen LogP contribution is 2.82. The highest BCUT2D eigenvalue weighted by atomic mass is 16.3. The zero-order chi connectivity index (χ0) is 26.9. The Morgan fingerprint density at radius 1 is 1.11 bits per heavy atom. The minimum atomic E-state index is 0.260. The third-order valence-corrected chi connectivity index (χ3v) is 13.3. The number of hydrogen-bond acceptors (Lipinski definition) is 3. The van der Waals surface area contributed by atoms with E-state index >= 15 is 0 Å². The third kappa shape index (κ3) is 3.99. The fourth-order valence-corrected chi connectivity index (χ4v) is 11.7. The molecule has 1 aliphatic heterocycles. The summed E-state index contributed by atoms with van der Waals surface area (Å²) in [5, 5.41) is 19.8. The number of aliphatic hydroxyl groups excluding tert-OH is 2. The number of aliphatic hydroxyl groups is 2. The van der Waals surface area contributed by atoms with Crippen LogP contribution in [0.3, 0.4) is 0 Å². The highest BCUT2D eigenvalue weighted by molar-refractivity contribution is 5.80. The largest absolute Gasteiger partial charge is 0.396 e. The van der Waals surface area contributed by atoms with E-state index in [0.717, 1.165) is 37.6 Å². The molecule has 0 amide bonds. The minimum absolute atomic E-state index is 0.260. The van der Waals surface area contributed by atoms with Crippen LogP contribution in [0, 0.1) is 57.2 Å². The number of rotatable bonds is 8. The molecule has 0 aromatic carbocycles. The summed E-state index contributed by atoms with van der Waals surface area (Å²) in [4.78, 5) is 4.38. The van der Waals surface area contributed by atoms with Crippen LogP contribution in [0.25, 0.3) is 0 Å². The van der Waals surface area contributed by atoms with Gasteiger partial charge in [0.15, 0.2) is 0 Å². The summed E-state index contributed by atoms with van der Waals surface area (Å²) in [5.41, 5.74) is 5.87. The summed E-state index contributed by atoms with van der Waals surface area (Å²) in [6, 6.07) is 0. The second-order valence-corrected chi connectivity index (χ2v) is 15.6. The van der Waals surface area contributed by atoms with Crippen LogP contribution in [0.2, 0.25) is 0 Å². The number of hydrogen-bond donors (Lipinski definition) is 2. The Labute approximate surface area is 232 Å². The third-order valence-electron chi connectivity index (χ3n) is 13.3. The first-order valence-corrected chi connectivity index (χ1v) is 15.9. The van der Waals surface area contributed by atoms with Crippen molar-refractivity contribution < 1.29 is 10.2 Å². The van der Waals surface area contributed by atoms with Gasteiger partial charge in [-0.1, -0.05) is 57.6 Å². The molecule has 3 nitrogen and oxygen atoms in total. The first kappa shape index (κ1) is 27.0. The first-order valence-electron chi connectivity index (χ1n) is 15.9. The van der Waals surface area contributed by atoms with Crippen molar-refractivity contribution in [2.75, 3.05) is 19.8 Å². The molecule has 0 bridgehead atoms. The second kappa shape index (κ2) is 9.44. The van der Waals surface area contributed by atoms with E-state index in [1.807, 2.05) is 6.21 Å². The molecule has 0 aromatic rings. The summed E-state index contributed by atoms with van der Waals surface area (Å²) in [6.45, 7) is 16.4. The number of nitrogens with zero attached hydrogens (tertiary/aromatic N) is 1. The van der Waals surface area contributed by atoms with Gasteiger partial charge in [0.05, 0.1) is 6.54 Å². The van der Waals surface area contributed by atoms with Gasteiger partial charge < -0.3 is 10.2 Å². The van der Waals surface area contributed by atoms with Gasteiger partial charge >= 0.3 is 0 Å². The van der Waals surface area contributed by atoms with E-state index in [-0.39, 0.29) is 12.0 Å². The van der Waals surface area contributed by atoms with E-state index in [2.05, 4.69) is 51.4 Å². The maximum absolute atomic E-state index is 10.3. The van der Waals surface area contributed by atoms with Gasteiger partial charge in [-0.15, -0.1) is 0 Å². The molecule has 9 atom stereocenters. The van der Waals surface area contributed by atoms with Crippen molar-refractivity contribution in [2.24, 2.45) is 62.2 Å². The Balaban J connectivity index is 1.31. The predicted molar refractivity (Wildman–Crippen MR) is 157 cm³/mol. The van der Waals surface area contributed by atoms with Crippen molar-refractivity contribution in [2.45, 2.75) is 98.3 Å². The van der Waals surface area contributed by atoms with Crippen LogP contribution >= 0.6 is 0 Å². The van der Waals surface area contributed by atoms with Crippen LogP contribution in [-0.4, -0.2) is 36.2 Å². The molecule has 5 aliphatic carbocycles. The van der Waals surface area contributed by atoms with Gasteiger partial charge in [0.25, 0.3) is 0 Å². The topological polar surface area (TPSA) is 52.8 Å². The fourth-order valence-electron chi connectivity index (χ4n) is 11.7. The Morgan fingerprint density at radius 2 is 1.89 bits per heavy atom. The van der Waals surface area contributed by atoms with E-state index in [1.165, 1.54) is 62.5 Å². The molecule has 4 fully saturated rings. The standard InChI is InChI=1S/C35H53NO2/c1-23-15-29-33(5,31-30(23)32(31,3)4)24(2)34(11-8-25(18-34)7-6-14-37)22-35(29)12-9-26(19-35)16-28(21-38)17-27-10-13-36-20-27/h10,15,20,24-26,28,30-31,37-38H,1,6-9,11-14,16-19,21-22H2,2-5H3. The van der Waals surface area contributed by atoms with Crippen LogP contribution in [0.15, 0.2) is 40.4 Å². The van der Waals surface area contributed by atoms with E-state index in [0.29, 0.717) is 46.5 Å². The molecule has 0 radical (unpaired) electrons. The Kier molecular flexibility index (Phi) is 6.71. The van der Waals surface area contributed by atoms with E-state index < -0.39 is 0 Å². The maximum Gasteiger partial charge on any atom is 0.0576 e. The molecule has 9 unspecified atom stereocenters. The molecule has 6 rings (SSSR count). The van der Waals surface area contributed by atoms with Crippen LogP contribution < -0.4 is 0 Å². The van der Waals surface area contributed by atoms with Crippen molar-refractivity contribution in [3.05, 3.63) is 35.5 Å². The lowest BCUT2D eigenvalue weighted by molar-refractivity contribution is -0.0502. The van der Waals surface area contributed by atoms with Crippen LogP contribution in [0.1, 0.15) is 98.3 Å². The molecule has 0 aromatic heterocycles. The van der Waals surface area contributed by atoms with E-state index in [4.69, 9.17) is 0 Å². The second-order valence-electron chi connectivity index (χ2n) is 15.6. The van der Waals surface area contributed by atoms with Crippen molar-refractivity contribution in [1.82, 2.24) is 0 Å². The molecule has 38 heavy (non-hydrogen) atoms. The average Bonchev–Trinajstić information content (AvgIpc) is 3.38. The van der Waals surface area contributed by atoms with Crippen molar-refractivity contribution in [3.8, 4) is 0 Å². The zero-order valence-electron chi connectivity index (χ0n) is 24.6. The van der Waals surface area contributed by atoms with Crippen molar-refractivity contribution in [1.29, 1.82) is 0 Å². The van der Waals surface area contributed by atoms with Gasteiger partial charge in [0.2, 0.25) is 0 Å². The van der Waals surface area contributed by atoms with E-state index in [1.54, 1.807) is 5.57 Å². The average molecular weight is 520 g/mol. The van der Waals surface area contributed by atoms with Crippen LogP contribution in [-0.2, 0) is 0 Å². The minimum Gasteiger partial charge on any atom is -0.396 e. The lowest BCUT2D eigenvalue weighted by Crippen LogP contribution is -2.54. The normalized spacial score (nSPS) is 45.3.